The summed E-state index contributed by atoms with van der Waals surface area (Å²) in [7, 11) is 0. The Labute approximate surface area is 74.7 Å². The van der Waals surface area contributed by atoms with Gasteiger partial charge in [-0.1, -0.05) is 6.92 Å². The van der Waals surface area contributed by atoms with Crippen molar-refractivity contribution in [2.75, 3.05) is 6.54 Å². The zero-order valence-electron chi connectivity index (χ0n) is 7.87. The third-order valence-corrected chi connectivity index (χ3v) is 3.10. The Balaban J connectivity index is 2.53. The molecule has 1 aliphatic rings. The first kappa shape index (κ1) is 9.96. The largest absolute Gasteiger partial charge is 0.330 e. The van der Waals surface area contributed by atoms with E-state index in [0.29, 0.717) is 11.8 Å². The first-order chi connectivity index (χ1) is 5.65. The molecular formula is C9H21N3. The summed E-state index contributed by atoms with van der Waals surface area (Å²) < 4.78 is 0. The van der Waals surface area contributed by atoms with Gasteiger partial charge in [0.15, 0.2) is 0 Å². The van der Waals surface area contributed by atoms with Gasteiger partial charge in [-0.05, 0) is 37.6 Å². The summed E-state index contributed by atoms with van der Waals surface area (Å²) in [6, 6.07) is 0.345. The van der Waals surface area contributed by atoms with E-state index >= 15 is 0 Å². The van der Waals surface area contributed by atoms with Crippen molar-refractivity contribution in [1.29, 1.82) is 0 Å². The van der Waals surface area contributed by atoms with Gasteiger partial charge in [-0.15, -0.1) is 0 Å². The Morgan fingerprint density at radius 2 is 1.92 bits per heavy atom. The van der Waals surface area contributed by atoms with Gasteiger partial charge in [-0.25, -0.2) is 0 Å². The molecule has 4 unspecified atom stereocenters. The molecule has 0 bridgehead atoms. The van der Waals surface area contributed by atoms with Gasteiger partial charge in [0, 0.05) is 12.1 Å². The molecule has 6 N–H and O–H groups in total. The summed E-state index contributed by atoms with van der Waals surface area (Å²) in [4.78, 5) is 0. The molecule has 1 saturated carbocycles. The number of hydrogen-bond acceptors (Lipinski definition) is 3. The first-order valence-corrected chi connectivity index (χ1v) is 4.86. The fourth-order valence-corrected chi connectivity index (χ4v) is 2.06. The molecule has 0 aromatic rings. The molecule has 0 aromatic heterocycles. The third-order valence-electron chi connectivity index (χ3n) is 3.10. The quantitative estimate of drug-likeness (QED) is 0.487. The monoisotopic (exact) mass is 171 g/mol. The van der Waals surface area contributed by atoms with Crippen molar-refractivity contribution in [2.45, 2.75) is 38.3 Å². The van der Waals surface area contributed by atoms with Gasteiger partial charge in [-0.3, -0.25) is 0 Å². The molecular weight excluding hydrogens is 150 g/mol. The Morgan fingerprint density at radius 3 is 2.50 bits per heavy atom. The van der Waals surface area contributed by atoms with Gasteiger partial charge < -0.3 is 17.2 Å². The molecule has 0 spiro atoms. The van der Waals surface area contributed by atoms with Crippen molar-refractivity contribution < 1.29 is 0 Å². The van der Waals surface area contributed by atoms with Crippen LogP contribution in [0.5, 0.6) is 0 Å². The van der Waals surface area contributed by atoms with E-state index in [0.717, 1.165) is 25.8 Å². The molecule has 1 fully saturated rings. The highest BCUT2D eigenvalue weighted by atomic mass is 14.8. The molecule has 0 radical (unpaired) electrons. The highest BCUT2D eigenvalue weighted by Crippen LogP contribution is 2.25. The van der Waals surface area contributed by atoms with Gasteiger partial charge in [0.05, 0.1) is 0 Å². The zero-order valence-corrected chi connectivity index (χ0v) is 7.87. The molecule has 0 heterocycles. The Bertz CT molecular complexity index is 138. The van der Waals surface area contributed by atoms with Crippen molar-refractivity contribution in [3.05, 3.63) is 0 Å². The van der Waals surface area contributed by atoms with Crippen molar-refractivity contribution in [3.63, 3.8) is 0 Å². The lowest BCUT2D eigenvalue weighted by atomic mass is 9.92. The van der Waals surface area contributed by atoms with Gasteiger partial charge in [0.25, 0.3) is 0 Å². The van der Waals surface area contributed by atoms with Crippen LogP contribution in [0, 0.1) is 11.8 Å². The lowest BCUT2D eigenvalue weighted by Crippen LogP contribution is -2.44. The molecule has 0 aromatic carbocycles. The Morgan fingerprint density at radius 1 is 1.25 bits per heavy atom. The standard InChI is InChI=1S/C9H21N3/c1-6-4-7(5-10)2-3-8(11)9(6)12/h6-9H,2-5,10-12H2,1H3. The summed E-state index contributed by atoms with van der Waals surface area (Å²) >= 11 is 0. The summed E-state index contributed by atoms with van der Waals surface area (Å²) in [6.45, 7) is 2.96. The number of rotatable bonds is 1. The third kappa shape index (κ3) is 2.19. The number of hydrogen-bond donors (Lipinski definition) is 3. The molecule has 0 saturated heterocycles. The van der Waals surface area contributed by atoms with Crippen LogP contribution in [0.4, 0.5) is 0 Å². The van der Waals surface area contributed by atoms with Crippen molar-refractivity contribution in [3.8, 4) is 0 Å². The summed E-state index contributed by atoms with van der Waals surface area (Å²) in [5.41, 5.74) is 17.5. The Hall–Kier alpha value is -0.120. The highest BCUT2D eigenvalue weighted by molar-refractivity contribution is 4.86. The molecule has 3 nitrogen and oxygen atoms in total. The SMILES string of the molecule is CC1CC(CN)CCC(N)C1N. The normalized spacial score (nSPS) is 44.0. The van der Waals surface area contributed by atoms with E-state index in [4.69, 9.17) is 17.2 Å². The van der Waals surface area contributed by atoms with E-state index in [9.17, 15) is 0 Å². The van der Waals surface area contributed by atoms with E-state index in [1.807, 2.05) is 0 Å². The van der Waals surface area contributed by atoms with E-state index in [1.54, 1.807) is 0 Å². The van der Waals surface area contributed by atoms with Gasteiger partial charge in [0.2, 0.25) is 0 Å². The lowest BCUT2D eigenvalue weighted by Gasteiger charge is -2.22. The van der Waals surface area contributed by atoms with Crippen molar-refractivity contribution in [1.82, 2.24) is 0 Å². The fraction of sp³-hybridized carbons (Fsp3) is 1.00. The van der Waals surface area contributed by atoms with Crippen molar-refractivity contribution >= 4 is 0 Å². The lowest BCUT2D eigenvalue weighted by molar-refractivity contribution is 0.363. The van der Waals surface area contributed by atoms with E-state index in [1.165, 1.54) is 0 Å². The molecule has 12 heavy (non-hydrogen) atoms. The maximum atomic E-state index is 5.97. The molecule has 4 atom stereocenters. The predicted octanol–water partition coefficient (Wildman–Crippen LogP) is 0.0359. The highest BCUT2D eigenvalue weighted by Gasteiger charge is 2.26. The smallest absolute Gasteiger partial charge is 0.0218 e. The van der Waals surface area contributed by atoms with Gasteiger partial charge in [0.1, 0.15) is 0 Å². The zero-order chi connectivity index (χ0) is 9.14. The van der Waals surface area contributed by atoms with Crippen LogP contribution >= 0.6 is 0 Å². The van der Waals surface area contributed by atoms with Crippen molar-refractivity contribution in [2.24, 2.45) is 29.0 Å². The second kappa shape index (κ2) is 4.21. The fourth-order valence-electron chi connectivity index (χ4n) is 2.06. The predicted molar refractivity (Wildman–Crippen MR) is 51.5 cm³/mol. The second-order valence-electron chi connectivity index (χ2n) is 4.13. The van der Waals surface area contributed by atoms with E-state index in [2.05, 4.69) is 6.92 Å². The summed E-state index contributed by atoms with van der Waals surface area (Å²) in [5.74, 6) is 1.16. The maximum absolute atomic E-state index is 5.97. The second-order valence-corrected chi connectivity index (χ2v) is 4.13. The van der Waals surface area contributed by atoms with Crippen LogP contribution in [-0.4, -0.2) is 18.6 Å². The Kier molecular flexibility index (Phi) is 3.50. The molecule has 0 aliphatic heterocycles. The topological polar surface area (TPSA) is 78.1 Å². The van der Waals surface area contributed by atoms with Crippen LogP contribution < -0.4 is 17.2 Å². The summed E-state index contributed by atoms with van der Waals surface area (Å²) in [6.07, 6.45) is 3.33. The molecule has 1 aliphatic carbocycles. The van der Waals surface area contributed by atoms with Crippen LogP contribution in [0.25, 0.3) is 0 Å². The average molecular weight is 171 g/mol. The number of nitrogens with two attached hydrogens (primary N) is 3. The van der Waals surface area contributed by atoms with E-state index < -0.39 is 0 Å². The van der Waals surface area contributed by atoms with E-state index in [-0.39, 0.29) is 12.1 Å². The minimum Gasteiger partial charge on any atom is -0.330 e. The van der Waals surface area contributed by atoms with Crippen LogP contribution in [0.3, 0.4) is 0 Å². The maximum Gasteiger partial charge on any atom is 0.0218 e. The molecule has 1 rings (SSSR count). The van der Waals surface area contributed by atoms with Crippen LogP contribution in [0.15, 0.2) is 0 Å². The molecule has 3 heteroatoms. The van der Waals surface area contributed by atoms with Gasteiger partial charge in [-0.2, -0.15) is 0 Å². The van der Waals surface area contributed by atoms with Crippen LogP contribution in [0.2, 0.25) is 0 Å². The van der Waals surface area contributed by atoms with Gasteiger partial charge >= 0.3 is 0 Å². The molecule has 72 valence electrons. The van der Waals surface area contributed by atoms with Crippen LogP contribution in [-0.2, 0) is 0 Å². The first-order valence-electron chi connectivity index (χ1n) is 4.86. The van der Waals surface area contributed by atoms with Crippen LogP contribution in [0.1, 0.15) is 26.2 Å². The molecule has 0 amide bonds. The minimum absolute atomic E-state index is 0.168. The average Bonchev–Trinajstić information content (AvgIpc) is 2.19. The summed E-state index contributed by atoms with van der Waals surface area (Å²) in [5, 5.41) is 0. The minimum atomic E-state index is 0.168.